The standard InChI is InChI=1S/C8H15NO3S2/c1-5(2)14(12)9-6(3)13-4-7(9)8(10)11/h5-7H,4H2,1-3H3,(H,10,11). The smallest absolute Gasteiger partial charge is 0.322 e. The van der Waals surface area contributed by atoms with Crippen LogP contribution in [0.15, 0.2) is 0 Å². The lowest BCUT2D eigenvalue weighted by Gasteiger charge is -2.24. The van der Waals surface area contributed by atoms with Crippen molar-refractivity contribution in [3.8, 4) is 0 Å². The fourth-order valence-electron chi connectivity index (χ4n) is 1.33. The lowest BCUT2D eigenvalue weighted by atomic mass is 10.3. The second kappa shape index (κ2) is 4.63. The third-order valence-corrected chi connectivity index (χ3v) is 5.20. The van der Waals surface area contributed by atoms with E-state index in [0.717, 1.165) is 0 Å². The molecule has 0 saturated carbocycles. The molecule has 14 heavy (non-hydrogen) atoms. The number of carboxylic acids is 1. The van der Waals surface area contributed by atoms with Gasteiger partial charge in [-0.1, -0.05) is 0 Å². The van der Waals surface area contributed by atoms with E-state index in [0.29, 0.717) is 5.75 Å². The van der Waals surface area contributed by atoms with Gasteiger partial charge in [0.15, 0.2) is 0 Å². The quantitative estimate of drug-likeness (QED) is 0.792. The molecule has 0 aromatic carbocycles. The number of rotatable bonds is 3. The van der Waals surface area contributed by atoms with E-state index in [1.807, 2.05) is 20.8 Å². The summed E-state index contributed by atoms with van der Waals surface area (Å²) in [5.74, 6) is -0.356. The van der Waals surface area contributed by atoms with Crippen LogP contribution in [0.25, 0.3) is 0 Å². The summed E-state index contributed by atoms with van der Waals surface area (Å²) in [5, 5.41) is 8.94. The molecule has 1 aliphatic heterocycles. The van der Waals surface area contributed by atoms with Crippen LogP contribution in [0.2, 0.25) is 0 Å². The number of thioether (sulfide) groups is 1. The first-order chi connectivity index (χ1) is 6.45. The minimum Gasteiger partial charge on any atom is -0.480 e. The van der Waals surface area contributed by atoms with Gasteiger partial charge in [-0.2, -0.15) is 4.31 Å². The molecule has 1 saturated heterocycles. The molecule has 82 valence electrons. The van der Waals surface area contributed by atoms with Gasteiger partial charge in [-0.25, -0.2) is 4.21 Å². The molecule has 3 unspecified atom stereocenters. The fraction of sp³-hybridized carbons (Fsp3) is 0.875. The van der Waals surface area contributed by atoms with Gasteiger partial charge in [0.05, 0.1) is 16.4 Å². The molecule has 0 amide bonds. The van der Waals surface area contributed by atoms with Crippen molar-refractivity contribution in [2.75, 3.05) is 5.75 Å². The van der Waals surface area contributed by atoms with Crippen LogP contribution in [0.4, 0.5) is 0 Å². The van der Waals surface area contributed by atoms with Gasteiger partial charge in [-0.15, -0.1) is 11.8 Å². The first-order valence-electron chi connectivity index (χ1n) is 4.48. The molecule has 0 spiro atoms. The highest BCUT2D eigenvalue weighted by Gasteiger charge is 2.40. The molecule has 1 aliphatic rings. The van der Waals surface area contributed by atoms with Gasteiger partial charge in [0.2, 0.25) is 0 Å². The molecular weight excluding hydrogens is 222 g/mol. The first-order valence-corrected chi connectivity index (χ1v) is 6.70. The molecule has 6 heteroatoms. The normalized spacial score (nSPS) is 30.9. The van der Waals surface area contributed by atoms with Gasteiger partial charge in [0.25, 0.3) is 0 Å². The van der Waals surface area contributed by atoms with Crippen LogP contribution in [0, 0.1) is 0 Å². The van der Waals surface area contributed by atoms with E-state index in [4.69, 9.17) is 5.11 Å². The maximum absolute atomic E-state index is 11.8. The summed E-state index contributed by atoms with van der Waals surface area (Å²) in [5.41, 5.74) is 0. The van der Waals surface area contributed by atoms with Crippen LogP contribution in [-0.4, -0.2) is 42.0 Å². The molecule has 1 N–H and O–H groups in total. The summed E-state index contributed by atoms with van der Waals surface area (Å²) in [4.78, 5) is 10.9. The number of nitrogens with zero attached hydrogens (tertiary/aromatic N) is 1. The van der Waals surface area contributed by atoms with Gasteiger partial charge in [0, 0.05) is 11.0 Å². The van der Waals surface area contributed by atoms with E-state index in [-0.39, 0.29) is 10.6 Å². The molecule has 0 aromatic heterocycles. The van der Waals surface area contributed by atoms with E-state index < -0.39 is 23.0 Å². The SMILES string of the molecule is CC1SCC(C(=O)O)N1S(=O)C(C)C. The maximum atomic E-state index is 11.8. The molecule has 4 nitrogen and oxygen atoms in total. The Balaban J connectivity index is 2.81. The van der Waals surface area contributed by atoms with E-state index >= 15 is 0 Å². The largest absolute Gasteiger partial charge is 0.480 e. The van der Waals surface area contributed by atoms with Gasteiger partial charge in [-0.05, 0) is 20.8 Å². The second-order valence-corrected chi connectivity index (χ2v) is 6.74. The average molecular weight is 237 g/mol. The zero-order valence-electron chi connectivity index (χ0n) is 8.47. The van der Waals surface area contributed by atoms with Crippen molar-refractivity contribution in [1.82, 2.24) is 4.31 Å². The first kappa shape index (κ1) is 12.0. The van der Waals surface area contributed by atoms with Crippen molar-refractivity contribution in [3.63, 3.8) is 0 Å². The van der Waals surface area contributed by atoms with E-state index in [2.05, 4.69) is 0 Å². The summed E-state index contributed by atoms with van der Waals surface area (Å²) in [7, 11) is -1.20. The Morgan fingerprint density at radius 3 is 2.64 bits per heavy atom. The van der Waals surface area contributed by atoms with Crippen molar-refractivity contribution in [2.24, 2.45) is 0 Å². The second-order valence-electron chi connectivity index (χ2n) is 3.47. The number of carboxylic acid groups (broad SMARTS) is 1. The van der Waals surface area contributed by atoms with E-state index in [1.165, 1.54) is 11.8 Å². The Morgan fingerprint density at radius 1 is 1.64 bits per heavy atom. The highest BCUT2D eigenvalue weighted by Crippen LogP contribution is 2.31. The zero-order valence-corrected chi connectivity index (χ0v) is 10.1. The highest BCUT2D eigenvalue weighted by atomic mass is 32.2. The van der Waals surface area contributed by atoms with Gasteiger partial charge >= 0.3 is 5.97 Å². The summed E-state index contributed by atoms with van der Waals surface area (Å²) >= 11 is 1.54. The monoisotopic (exact) mass is 237 g/mol. The van der Waals surface area contributed by atoms with Gasteiger partial charge in [0.1, 0.15) is 6.04 Å². The molecule has 0 bridgehead atoms. The Morgan fingerprint density at radius 2 is 2.21 bits per heavy atom. The van der Waals surface area contributed by atoms with Crippen molar-refractivity contribution in [3.05, 3.63) is 0 Å². The Labute approximate surface area is 90.6 Å². The molecule has 0 aliphatic carbocycles. The third-order valence-electron chi connectivity index (χ3n) is 2.06. The Hall–Kier alpha value is -0.0700. The van der Waals surface area contributed by atoms with Crippen LogP contribution < -0.4 is 0 Å². The van der Waals surface area contributed by atoms with Crippen molar-refractivity contribution < 1.29 is 14.1 Å². The van der Waals surface area contributed by atoms with Crippen molar-refractivity contribution >= 4 is 28.7 Å². The lowest BCUT2D eigenvalue weighted by molar-refractivity contribution is -0.140. The molecule has 1 fully saturated rings. The summed E-state index contributed by atoms with van der Waals surface area (Å²) < 4.78 is 13.4. The summed E-state index contributed by atoms with van der Waals surface area (Å²) in [6.07, 6.45) is 0. The van der Waals surface area contributed by atoms with Crippen molar-refractivity contribution in [2.45, 2.75) is 37.4 Å². The molecule has 3 atom stereocenters. The molecule has 0 aromatic rings. The topological polar surface area (TPSA) is 57.6 Å². The van der Waals surface area contributed by atoms with Crippen LogP contribution in [-0.2, 0) is 15.8 Å². The van der Waals surface area contributed by atoms with Gasteiger partial charge in [-0.3, -0.25) is 4.79 Å². The van der Waals surface area contributed by atoms with E-state index in [1.54, 1.807) is 4.31 Å². The number of hydrogen-bond donors (Lipinski definition) is 1. The summed E-state index contributed by atoms with van der Waals surface area (Å²) in [6, 6.07) is -0.599. The molecular formula is C8H15NO3S2. The van der Waals surface area contributed by atoms with E-state index in [9.17, 15) is 9.00 Å². The molecule has 0 radical (unpaired) electrons. The fourth-order valence-corrected chi connectivity index (χ4v) is 4.11. The predicted octanol–water partition coefficient (Wildman–Crippen LogP) is 0.906. The Kier molecular flexibility index (Phi) is 3.97. The van der Waals surface area contributed by atoms with Crippen LogP contribution in [0.1, 0.15) is 20.8 Å². The number of carbonyl (C=O) groups is 1. The predicted molar refractivity (Wildman–Crippen MR) is 58.5 cm³/mol. The molecule has 1 rings (SSSR count). The average Bonchev–Trinajstić information content (AvgIpc) is 2.45. The third kappa shape index (κ3) is 2.29. The maximum Gasteiger partial charge on any atom is 0.322 e. The highest BCUT2D eigenvalue weighted by molar-refractivity contribution is 8.01. The Bertz CT molecular complexity index is 257. The van der Waals surface area contributed by atoms with Crippen LogP contribution in [0.5, 0.6) is 0 Å². The number of hydrogen-bond acceptors (Lipinski definition) is 3. The minimum atomic E-state index is -1.20. The minimum absolute atomic E-state index is 0.0272. The van der Waals surface area contributed by atoms with Crippen LogP contribution in [0.3, 0.4) is 0 Å². The van der Waals surface area contributed by atoms with Gasteiger partial charge < -0.3 is 5.11 Å². The zero-order chi connectivity index (χ0) is 10.9. The molecule has 1 heterocycles. The van der Waals surface area contributed by atoms with Crippen LogP contribution >= 0.6 is 11.8 Å². The van der Waals surface area contributed by atoms with Crippen molar-refractivity contribution in [1.29, 1.82) is 0 Å². The number of aliphatic carboxylic acids is 1. The summed E-state index contributed by atoms with van der Waals surface area (Å²) in [6.45, 7) is 5.57. The lowest BCUT2D eigenvalue weighted by Crippen LogP contribution is -2.44.